The summed E-state index contributed by atoms with van der Waals surface area (Å²) in [6.07, 6.45) is 5.30. The Bertz CT molecular complexity index is 511. The Labute approximate surface area is 105 Å². The van der Waals surface area contributed by atoms with E-state index >= 15 is 0 Å². The normalized spacial score (nSPS) is 24.3. The van der Waals surface area contributed by atoms with Gasteiger partial charge in [0.2, 0.25) is 0 Å². The number of aliphatic hydroxyl groups is 1. The number of fused-ring (bicyclic) bond motifs is 1. The van der Waals surface area contributed by atoms with Crippen molar-refractivity contribution in [3.05, 3.63) is 23.7 Å². The van der Waals surface area contributed by atoms with Gasteiger partial charge in [-0.05, 0) is 30.4 Å². The summed E-state index contributed by atoms with van der Waals surface area (Å²) < 4.78 is 1.26. The average molecular weight is 248 g/mol. The number of nitrogens with zero attached hydrogens (tertiary/aromatic N) is 1. The van der Waals surface area contributed by atoms with Gasteiger partial charge in [-0.2, -0.15) is 0 Å². The summed E-state index contributed by atoms with van der Waals surface area (Å²) in [4.78, 5) is 4.43. The number of aromatic nitrogens is 1. The van der Waals surface area contributed by atoms with Crippen molar-refractivity contribution in [3.8, 4) is 0 Å². The molecule has 2 aromatic rings. The molecule has 1 fully saturated rings. The average Bonchev–Trinajstić information content (AvgIpc) is 2.97. The number of nitrogens with one attached hydrogen (secondary N) is 1. The van der Waals surface area contributed by atoms with Gasteiger partial charge in [0.15, 0.2) is 0 Å². The molecule has 2 heterocycles. The molecule has 2 unspecified atom stereocenters. The van der Waals surface area contributed by atoms with Crippen LogP contribution in [0, 0.1) is 5.92 Å². The predicted molar refractivity (Wildman–Crippen MR) is 71.5 cm³/mol. The maximum atomic E-state index is 9.33. The first-order valence-corrected chi connectivity index (χ1v) is 6.96. The van der Waals surface area contributed by atoms with Crippen LogP contribution >= 0.6 is 11.3 Å². The first-order chi connectivity index (χ1) is 8.38. The molecule has 0 spiro atoms. The standard InChI is InChI=1S/C13H16N2OS/c16-8-9-2-1-3-11(9)15-13-10-5-7-17-12(10)4-6-14-13/h4-7,9,11,16H,1-3,8H2,(H,14,15). The monoisotopic (exact) mass is 248 g/mol. The first-order valence-electron chi connectivity index (χ1n) is 6.08. The molecular formula is C13H16N2OS. The molecule has 90 valence electrons. The summed E-state index contributed by atoms with van der Waals surface area (Å²) >= 11 is 1.74. The van der Waals surface area contributed by atoms with Crippen molar-refractivity contribution in [2.45, 2.75) is 25.3 Å². The van der Waals surface area contributed by atoms with E-state index in [0.717, 1.165) is 18.7 Å². The number of rotatable bonds is 3. The lowest BCUT2D eigenvalue weighted by Crippen LogP contribution is -2.26. The molecule has 0 aromatic carbocycles. The zero-order valence-electron chi connectivity index (χ0n) is 9.60. The van der Waals surface area contributed by atoms with Crippen LogP contribution in [-0.2, 0) is 0 Å². The lowest BCUT2D eigenvalue weighted by molar-refractivity contribution is 0.222. The van der Waals surface area contributed by atoms with E-state index in [1.54, 1.807) is 11.3 Å². The molecule has 0 aliphatic heterocycles. The predicted octanol–water partition coefficient (Wildman–Crippen LogP) is 2.87. The van der Waals surface area contributed by atoms with Crippen LogP contribution in [0.3, 0.4) is 0 Å². The molecule has 2 atom stereocenters. The van der Waals surface area contributed by atoms with Crippen molar-refractivity contribution < 1.29 is 5.11 Å². The van der Waals surface area contributed by atoms with Crippen molar-refractivity contribution in [3.63, 3.8) is 0 Å². The Hall–Kier alpha value is -1.13. The molecule has 4 heteroatoms. The number of hydrogen-bond acceptors (Lipinski definition) is 4. The fourth-order valence-corrected chi connectivity index (χ4v) is 3.41. The second kappa shape index (κ2) is 4.63. The van der Waals surface area contributed by atoms with Gasteiger partial charge in [0.1, 0.15) is 5.82 Å². The molecule has 3 nitrogen and oxygen atoms in total. The number of aliphatic hydroxyl groups excluding tert-OH is 1. The number of pyridine rings is 1. The fraction of sp³-hybridized carbons (Fsp3) is 0.462. The molecular weight excluding hydrogens is 232 g/mol. The highest BCUT2D eigenvalue weighted by atomic mass is 32.1. The Kier molecular flexibility index (Phi) is 2.99. The smallest absolute Gasteiger partial charge is 0.134 e. The Morgan fingerprint density at radius 2 is 2.35 bits per heavy atom. The molecule has 1 aliphatic rings. The Balaban J connectivity index is 1.87. The lowest BCUT2D eigenvalue weighted by atomic mass is 10.1. The van der Waals surface area contributed by atoms with Crippen LogP contribution in [0.5, 0.6) is 0 Å². The second-order valence-corrected chi connectivity index (χ2v) is 5.56. The summed E-state index contributed by atoms with van der Waals surface area (Å²) in [6.45, 7) is 0.275. The van der Waals surface area contributed by atoms with Gasteiger partial charge in [0.05, 0.1) is 0 Å². The van der Waals surface area contributed by atoms with Crippen LogP contribution in [0.4, 0.5) is 5.82 Å². The summed E-state index contributed by atoms with van der Waals surface area (Å²) in [5.41, 5.74) is 0. The van der Waals surface area contributed by atoms with Gasteiger partial charge in [-0.15, -0.1) is 11.3 Å². The van der Waals surface area contributed by atoms with E-state index in [1.165, 1.54) is 16.5 Å². The highest BCUT2D eigenvalue weighted by Crippen LogP contribution is 2.31. The summed E-state index contributed by atoms with van der Waals surface area (Å²) in [7, 11) is 0. The largest absolute Gasteiger partial charge is 0.396 e. The first kappa shape index (κ1) is 11.0. The van der Waals surface area contributed by atoms with Crippen LogP contribution in [0.25, 0.3) is 10.1 Å². The highest BCUT2D eigenvalue weighted by molar-refractivity contribution is 7.17. The van der Waals surface area contributed by atoms with Crippen LogP contribution in [-0.4, -0.2) is 22.7 Å². The third-order valence-corrected chi connectivity index (χ3v) is 4.48. The molecule has 2 N–H and O–H groups in total. The fourth-order valence-electron chi connectivity index (χ4n) is 2.63. The molecule has 0 radical (unpaired) electrons. The van der Waals surface area contributed by atoms with Crippen LogP contribution in [0.15, 0.2) is 23.7 Å². The summed E-state index contributed by atoms with van der Waals surface area (Å²) in [6, 6.07) is 4.53. The minimum atomic E-state index is 0.275. The van der Waals surface area contributed by atoms with E-state index in [9.17, 15) is 5.11 Å². The highest BCUT2D eigenvalue weighted by Gasteiger charge is 2.27. The van der Waals surface area contributed by atoms with Gasteiger partial charge >= 0.3 is 0 Å². The molecule has 0 saturated heterocycles. The zero-order chi connectivity index (χ0) is 11.7. The molecule has 3 rings (SSSR count). The second-order valence-electron chi connectivity index (χ2n) is 4.62. The van der Waals surface area contributed by atoms with Gasteiger partial charge in [0, 0.05) is 34.8 Å². The molecule has 0 bridgehead atoms. The Morgan fingerprint density at radius 1 is 1.41 bits per heavy atom. The van der Waals surface area contributed by atoms with Crippen LogP contribution in [0.1, 0.15) is 19.3 Å². The maximum absolute atomic E-state index is 9.33. The summed E-state index contributed by atoms with van der Waals surface area (Å²) in [5.74, 6) is 1.35. The number of thiophene rings is 1. The number of hydrogen-bond donors (Lipinski definition) is 2. The molecule has 1 saturated carbocycles. The van der Waals surface area contributed by atoms with Gasteiger partial charge < -0.3 is 10.4 Å². The van der Waals surface area contributed by atoms with Crippen molar-refractivity contribution in [1.29, 1.82) is 0 Å². The van der Waals surface area contributed by atoms with E-state index in [-0.39, 0.29) is 6.61 Å². The quantitative estimate of drug-likeness (QED) is 0.878. The zero-order valence-corrected chi connectivity index (χ0v) is 10.4. The van der Waals surface area contributed by atoms with E-state index in [2.05, 4.69) is 21.7 Å². The van der Waals surface area contributed by atoms with E-state index in [1.807, 2.05) is 12.3 Å². The van der Waals surface area contributed by atoms with Crippen molar-refractivity contribution in [1.82, 2.24) is 4.98 Å². The molecule has 1 aliphatic carbocycles. The minimum Gasteiger partial charge on any atom is -0.396 e. The van der Waals surface area contributed by atoms with Crippen molar-refractivity contribution >= 4 is 27.2 Å². The SMILES string of the molecule is OCC1CCCC1Nc1nccc2sccc12. The summed E-state index contributed by atoms with van der Waals surface area (Å²) in [5, 5.41) is 16.1. The third kappa shape index (κ3) is 2.03. The number of anilines is 1. The van der Waals surface area contributed by atoms with Crippen molar-refractivity contribution in [2.24, 2.45) is 5.92 Å². The van der Waals surface area contributed by atoms with Gasteiger partial charge in [0.25, 0.3) is 0 Å². The Morgan fingerprint density at radius 3 is 3.24 bits per heavy atom. The van der Waals surface area contributed by atoms with Crippen LogP contribution < -0.4 is 5.32 Å². The van der Waals surface area contributed by atoms with Crippen molar-refractivity contribution in [2.75, 3.05) is 11.9 Å². The molecule has 17 heavy (non-hydrogen) atoms. The van der Waals surface area contributed by atoms with Crippen LogP contribution in [0.2, 0.25) is 0 Å². The van der Waals surface area contributed by atoms with Gasteiger partial charge in [-0.3, -0.25) is 0 Å². The van der Waals surface area contributed by atoms with E-state index < -0.39 is 0 Å². The minimum absolute atomic E-state index is 0.275. The maximum Gasteiger partial charge on any atom is 0.134 e. The third-order valence-electron chi connectivity index (χ3n) is 3.60. The van der Waals surface area contributed by atoms with E-state index in [0.29, 0.717) is 12.0 Å². The lowest BCUT2D eigenvalue weighted by Gasteiger charge is -2.19. The molecule has 2 aromatic heterocycles. The van der Waals surface area contributed by atoms with E-state index in [4.69, 9.17) is 0 Å². The molecule has 0 amide bonds. The van der Waals surface area contributed by atoms with Gasteiger partial charge in [-0.25, -0.2) is 4.98 Å². The van der Waals surface area contributed by atoms with Gasteiger partial charge in [-0.1, -0.05) is 6.42 Å². The topological polar surface area (TPSA) is 45.1 Å².